The molecule has 0 radical (unpaired) electrons. The molecule has 0 aromatic carbocycles. The minimum Gasteiger partial charge on any atom is -0.383 e. The molecule has 0 unspecified atom stereocenters. The lowest BCUT2D eigenvalue weighted by Gasteiger charge is -2.40. The van der Waals surface area contributed by atoms with E-state index in [-0.39, 0.29) is 5.41 Å². The summed E-state index contributed by atoms with van der Waals surface area (Å²) in [6.45, 7) is 5.57. The van der Waals surface area contributed by atoms with E-state index in [0.29, 0.717) is 18.6 Å². The van der Waals surface area contributed by atoms with Gasteiger partial charge in [-0.2, -0.15) is 0 Å². The SMILES string of the molecule is CCCC1(C(=O)N(CCOC)C2CC2)CCNCC1. The lowest BCUT2D eigenvalue weighted by atomic mass is 9.74. The standard InChI is InChI=1S/C15H28N2O2/c1-3-6-15(7-9-16-10-8-15)14(18)17(11-12-19-2)13-4-5-13/h13,16H,3-12H2,1-2H3. The average Bonchev–Trinajstić information content (AvgIpc) is 3.25. The predicted molar refractivity (Wildman–Crippen MR) is 76.1 cm³/mol. The zero-order chi connectivity index (χ0) is 13.7. The van der Waals surface area contributed by atoms with Crippen LogP contribution in [-0.2, 0) is 9.53 Å². The van der Waals surface area contributed by atoms with Crippen LogP contribution in [0.4, 0.5) is 0 Å². The van der Waals surface area contributed by atoms with Gasteiger partial charge >= 0.3 is 0 Å². The Bertz CT molecular complexity index is 291. The average molecular weight is 268 g/mol. The molecule has 1 saturated heterocycles. The van der Waals surface area contributed by atoms with Crippen molar-refractivity contribution >= 4 is 5.91 Å². The molecule has 0 bridgehead atoms. The van der Waals surface area contributed by atoms with Crippen LogP contribution >= 0.6 is 0 Å². The molecule has 110 valence electrons. The summed E-state index contributed by atoms with van der Waals surface area (Å²) in [5.41, 5.74) is -0.101. The molecule has 2 fully saturated rings. The summed E-state index contributed by atoms with van der Waals surface area (Å²) in [4.78, 5) is 15.2. The number of nitrogens with one attached hydrogen (secondary N) is 1. The van der Waals surface area contributed by atoms with Gasteiger partial charge in [-0.3, -0.25) is 4.79 Å². The summed E-state index contributed by atoms with van der Waals surface area (Å²) >= 11 is 0. The van der Waals surface area contributed by atoms with E-state index in [0.717, 1.165) is 45.3 Å². The third kappa shape index (κ3) is 3.48. The van der Waals surface area contributed by atoms with Crippen molar-refractivity contribution in [1.82, 2.24) is 10.2 Å². The Kier molecular flexibility index (Phi) is 5.22. The molecule has 1 aliphatic heterocycles. The smallest absolute Gasteiger partial charge is 0.229 e. The van der Waals surface area contributed by atoms with E-state index in [1.54, 1.807) is 7.11 Å². The molecule has 0 spiro atoms. The van der Waals surface area contributed by atoms with Crippen LogP contribution in [0.1, 0.15) is 45.4 Å². The summed E-state index contributed by atoms with van der Waals surface area (Å²) in [5.74, 6) is 0.399. The highest BCUT2D eigenvalue weighted by Crippen LogP contribution is 2.39. The van der Waals surface area contributed by atoms with Crippen molar-refractivity contribution in [3.63, 3.8) is 0 Å². The van der Waals surface area contributed by atoms with Gasteiger partial charge in [-0.1, -0.05) is 13.3 Å². The second-order valence-corrected chi connectivity index (χ2v) is 6.00. The van der Waals surface area contributed by atoms with Gasteiger partial charge in [0.15, 0.2) is 0 Å². The van der Waals surface area contributed by atoms with Crippen molar-refractivity contribution in [1.29, 1.82) is 0 Å². The Labute approximate surface area is 116 Å². The predicted octanol–water partition coefficient (Wildman–Crippen LogP) is 1.79. The van der Waals surface area contributed by atoms with Gasteiger partial charge in [0, 0.05) is 19.7 Å². The first-order chi connectivity index (χ1) is 9.23. The van der Waals surface area contributed by atoms with Crippen molar-refractivity contribution in [2.24, 2.45) is 5.41 Å². The van der Waals surface area contributed by atoms with Gasteiger partial charge in [-0.05, 0) is 45.2 Å². The van der Waals surface area contributed by atoms with Crippen molar-refractivity contribution in [2.45, 2.75) is 51.5 Å². The van der Waals surface area contributed by atoms with Crippen molar-refractivity contribution in [3.8, 4) is 0 Å². The number of hydrogen-bond donors (Lipinski definition) is 1. The van der Waals surface area contributed by atoms with E-state index in [2.05, 4.69) is 17.1 Å². The van der Waals surface area contributed by atoms with E-state index >= 15 is 0 Å². The molecule has 1 heterocycles. The monoisotopic (exact) mass is 268 g/mol. The number of piperidine rings is 1. The maximum Gasteiger partial charge on any atom is 0.229 e. The molecular weight excluding hydrogens is 240 g/mol. The van der Waals surface area contributed by atoms with Gasteiger partial charge in [0.05, 0.1) is 12.0 Å². The molecule has 1 amide bonds. The van der Waals surface area contributed by atoms with Gasteiger partial charge in [-0.25, -0.2) is 0 Å². The van der Waals surface area contributed by atoms with Gasteiger partial charge in [-0.15, -0.1) is 0 Å². The lowest BCUT2D eigenvalue weighted by molar-refractivity contribution is -0.145. The van der Waals surface area contributed by atoms with Gasteiger partial charge in [0.1, 0.15) is 0 Å². The molecule has 19 heavy (non-hydrogen) atoms. The van der Waals surface area contributed by atoms with Crippen LogP contribution in [0.25, 0.3) is 0 Å². The second kappa shape index (κ2) is 6.71. The molecule has 2 aliphatic rings. The quantitative estimate of drug-likeness (QED) is 0.765. The largest absolute Gasteiger partial charge is 0.383 e. The molecule has 2 rings (SSSR count). The summed E-state index contributed by atoms with van der Waals surface area (Å²) in [6, 6.07) is 0.492. The second-order valence-electron chi connectivity index (χ2n) is 6.00. The molecule has 1 saturated carbocycles. The molecule has 4 nitrogen and oxygen atoms in total. The molecule has 0 atom stereocenters. The van der Waals surface area contributed by atoms with Crippen LogP contribution in [0.15, 0.2) is 0 Å². The summed E-state index contributed by atoms with van der Waals surface area (Å²) in [7, 11) is 1.71. The first kappa shape index (κ1) is 14.8. The molecule has 4 heteroatoms. The Balaban J connectivity index is 2.07. The number of methoxy groups -OCH3 is 1. The van der Waals surface area contributed by atoms with Crippen LogP contribution in [0.2, 0.25) is 0 Å². The molecular formula is C15H28N2O2. The third-order valence-corrected chi connectivity index (χ3v) is 4.53. The van der Waals surface area contributed by atoms with Crippen LogP contribution in [0, 0.1) is 5.41 Å². The van der Waals surface area contributed by atoms with Crippen LogP contribution < -0.4 is 5.32 Å². The van der Waals surface area contributed by atoms with Gasteiger partial charge in [0.25, 0.3) is 0 Å². The number of hydrogen-bond acceptors (Lipinski definition) is 3. The summed E-state index contributed by atoms with van der Waals surface area (Å²) in [6.07, 6.45) is 6.47. The molecule has 1 N–H and O–H groups in total. The van der Waals surface area contributed by atoms with Gasteiger partial charge < -0.3 is 15.0 Å². The zero-order valence-electron chi connectivity index (χ0n) is 12.4. The van der Waals surface area contributed by atoms with Gasteiger partial charge in [0.2, 0.25) is 5.91 Å². The minimum absolute atomic E-state index is 0.101. The fourth-order valence-corrected chi connectivity index (χ4v) is 3.29. The van der Waals surface area contributed by atoms with E-state index in [9.17, 15) is 4.79 Å². The normalized spacial score (nSPS) is 22.2. The van der Waals surface area contributed by atoms with E-state index < -0.39 is 0 Å². The zero-order valence-corrected chi connectivity index (χ0v) is 12.4. The minimum atomic E-state index is -0.101. The van der Waals surface area contributed by atoms with Crippen molar-refractivity contribution in [2.75, 3.05) is 33.4 Å². The highest BCUT2D eigenvalue weighted by atomic mass is 16.5. The van der Waals surface area contributed by atoms with E-state index in [4.69, 9.17) is 4.74 Å². The number of amides is 1. The number of carbonyl (C=O) groups excluding carboxylic acids is 1. The fraction of sp³-hybridized carbons (Fsp3) is 0.933. The molecule has 0 aromatic rings. The Morgan fingerprint density at radius 1 is 1.37 bits per heavy atom. The number of carbonyl (C=O) groups is 1. The lowest BCUT2D eigenvalue weighted by Crippen LogP contribution is -2.50. The first-order valence-electron chi connectivity index (χ1n) is 7.74. The Morgan fingerprint density at radius 3 is 2.58 bits per heavy atom. The Morgan fingerprint density at radius 2 is 2.05 bits per heavy atom. The number of ether oxygens (including phenoxy) is 1. The fourth-order valence-electron chi connectivity index (χ4n) is 3.29. The number of rotatable bonds is 7. The number of nitrogens with zero attached hydrogens (tertiary/aromatic N) is 1. The third-order valence-electron chi connectivity index (χ3n) is 4.53. The van der Waals surface area contributed by atoms with Crippen LogP contribution in [-0.4, -0.2) is 50.2 Å². The highest BCUT2D eigenvalue weighted by Gasteiger charge is 2.44. The summed E-state index contributed by atoms with van der Waals surface area (Å²) in [5, 5.41) is 3.38. The topological polar surface area (TPSA) is 41.6 Å². The van der Waals surface area contributed by atoms with Crippen LogP contribution in [0.5, 0.6) is 0 Å². The van der Waals surface area contributed by atoms with Crippen molar-refractivity contribution in [3.05, 3.63) is 0 Å². The van der Waals surface area contributed by atoms with E-state index in [1.807, 2.05) is 0 Å². The Hall–Kier alpha value is -0.610. The maximum absolute atomic E-state index is 13.0. The first-order valence-corrected chi connectivity index (χ1v) is 7.74. The molecule has 1 aliphatic carbocycles. The molecule has 0 aromatic heterocycles. The van der Waals surface area contributed by atoms with E-state index in [1.165, 1.54) is 12.8 Å². The highest BCUT2D eigenvalue weighted by molar-refractivity contribution is 5.83. The summed E-state index contributed by atoms with van der Waals surface area (Å²) < 4.78 is 5.17. The maximum atomic E-state index is 13.0. The van der Waals surface area contributed by atoms with Crippen molar-refractivity contribution < 1.29 is 9.53 Å². The van der Waals surface area contributed by atoms with Crippen LogP contribution in [0.3, 0.4) is 0 Å².